The first-order valence-corrected chi connectivity index (χ1v) is 8.73. The summed E-state index contributed by atoms with van der Waals surface area (Å²) >= 11 is 0. The van der Waals surface area contributed by atoms with Gasteiger partial charge in [0.15, 0.2) is 5.78 Å². The highest BCUT2D eigenvalue weighted by Crippen LogP contribution is 2.61. The molecule has 21 heavy (non-hydrogen) atoms. The Bertz CT molecular complexity index is 510. The molecule has 1 nitrogen and oxygen atoms in total. The van der Waals surface area contributed by atoms with Crippen molar-refractivity contribution in [3.8, 4) is 0 Å². The van der Waals surface area contributed by atoms with E-state index in [2.05, 4.69) is 39.8 Å². The Morgan fingerprint density at radius 2 is 2.10 bits per heavy atom. The Hall–Kier alpha value is -0.850. The summed E-state index contributed by atoms with van der Waals surface area (Å²) < 4.78 is 0. The third-order valence-electron chi connectivity index (χ3n) is 6.83. The molecule has 1 saturated carbocycles. The summed E-state index contributed by atoms with van der Waals surface area (Å²) in [5, 5.41) is 0. The number of fused-ring (bicyclic) bond motifs is 3. The molecule has 0 radical (unpaired) electrons. The van der Waals surface area contributed by atoms with E-state index in [0.717, 1.165) is 30.3 Å². The number of ketones is 1. The zero-order valence-corrected chi connectivity index (χ0v) is 14.3. The zero-order chi connectivity index (χ0) is 15.4. The van der Waals surface area contributed by atoms with Crippen LogP contribution in [0.3, 0.4) is 0 Å². The van der Waals surface area contributed by atoms with Gasteiger partial charge in [-0.1, -0.05) is 38.5 Å². The Morgan fingerprint density at radius 3 is 2.71 bits per heavy atom. The van der Waals surface area contributed by atoms with E-state index in [0.29, 0.717) is 29.0 Å². The van der Waals surface area contributed by atoms with Crippen LogP contribution < -0.4 is 0 Å². The molecule has 1 heteroatoms. The second-order valence-corrected chi connectivity index (χ2v) is 8.36. The molecule has 3 aliphatic carbocycles. The van der Waals surface area contributed by atoms with Crippen LogP contribution in [-0.4, -0.2) is 5.78 Å². The number of Topliss-reactive ketones (excluding diaryl/α,β-unsaturated/α-hetero) is 1. The Labute approximate surface area is 129 Å². The van der Waals surface area contributed by atoms with Gasteiger partial charge < -0.3 is 0 Å². The van der Waals surface area contributed by atoms with Crippen LogP contribution in [0.4, 0.5) is 0 Å². The van der Waals surface area contributed by atoms with Crippen LogP contribution in [0.25, 0.3) is 0 Å². The highest BCUT2D eigenvalue weighted by atomic mass is 16.1. The molecular formula is C20H30O. The van der Waals surface area contributed by atoms with Gasteiger partial charge in [-0.15, -0.1) is 0 Å². The molecule has 1 fully saturated rings. The summed E-state index contributed by atoms with van der Waals surface area (Å²) in [7, 11) is 0. The van der Waals surface area contributed by atoms with Crippen LogP contribution in [0, 0.1) is 35.0 Å². The number of carbonyl (C=O) groups is 1. The van der Waals surface area contributed by atoms with Crippen LogP contribution in [0.2, 0.25) is 0 Å². The summed E-state index contributed by atoms with van der Waals surface area (Å²) in [6.45, 7) is 11.3. The van der Waals surface area contributed by atoms with Crippen LogP contribution >= 0.6 is 0 Å². The molecule has 5 atom stereocenters. The van der Waals surface area contributed by atoms with E-state index >= 15 is 0 Å². The van der Waals surface area contributed by atoms with Gasteiger partial charge in [0, 0.05) is 0 Å². The summed E-state index contributed by atoms with van der Waals surface area (Å²) in [5.74, 6) is 3.77. The number of rotatable bonds is 2. The van der Waals surface area contributed by atoms with Gasteiger partial charge in [0.1, 0.15) is 0 Å². The molecule has 0 unspecified atom stereocenters. The van der Waals surface area contributed by atoms with Crippen molar-refractivity contribution in [1.82, 2.24) is 0 Å². The van der Waals surface area contributed by atoms with Gasteiger partial charge in [0.25, 0.3) is 0 Å². The lowest BCUT2D eigenvalue weighted by molar-refractivity contribution is -0.114. The quantitative estimate of drug-likeness (QED) is 0.639. The normalized spacial score (nSPS) is 42.2. The number of allylic oxidation sites excluding steroid dienone is 4. The smallest absolute Gasteiger partial charge is 0.155 e. The number of hydrogen-bond donors (Lipinski definition) is 0. The Morgan fingerprint density at radius 1 is 1.38 bits per heavy atom. The molecule has 116 valence electrons. The molecule has 3 rings (SSSR count). The van der Waals surface area contributed by atoms with Crippen molar-refractivity contribution in [1.29, 1.82) is 0 Å². The zero-order valence-electron chi connectivity index (χ0n) is 14.3. The lowest BCUT2D eigenvalue weighted by Gasteiger charge is -2.40. The van der Waals surface area contributed by atoms with E-state index in [1.165, 1.54) is 18.4 Å². The molecule has 0 aromatic heterocycles. The fourth-order valence-electron chi connectivity index (χ4n) is 5.70. The third-order valence-corrected chi connectivity index (χ3v) is 6.83. The molecule has 0 bridgehead atoms. The predicted molar refractivity (Wildman–Crippen MR) is 87.9 cm³/mol. The van der Waals surface area contributed by atoms with E-state index in [1.54, 1.807) is 6.92 Å². The maximum Gasteiger partial charge on any atom is 0.155 e. The van der Waals surface area contributed by atoms with Crippen molar-refractivity contribution in [3.63, 3.8) is 0 Å². The lowest BCUT2D eigenvalue weighted by Crippen LogP contribution is -2.35. The maximum atomic E-state index is 12.0. The standard InChI is InChI=1S/C20H30O/c1-12(2)15-8-9-20(5)18-7-6-16(14(4)21)17(18)10-13(3)11-19(15)20/h6,11-12,15,17-19H,7-10H2,1-5H3/t15-,17+,18-,19-,20+/m0/s1. The molecule has 0 amide bonds. The second-order valence-electron chi connectivity index (χ2n) is 8.36. The number of hydrogen-bond acceptors (Lipinski definition) is 1. The molecular weight excluding hydrogens is 256 g/mol. The molecule has 0 heterocycles. The molecule has 0 saturated heterocycles. The van der Waals surface area contributed by atoms with E-state index in [4.69, 9.17) is 0 Å². The molecule has 3 aliphatic rings. The minimum absolute atomic E-state index is 0.302. The fraction of sp³-hybridized carbons (Fsp3) is 0.750. The third kappa shape index (κ3) is 2.24. The van der Waals surface area contributed by atoms with Crippen molar-refractivity contribution in [2.75, 3.05) is 0 Å². The van der Waals surface area contributed by atoms with Crippen molar-refractivity contribution in [3.05, 3.63) is 23.3 Å². The van der Waals surface area contributed by atoms with Crippen LogP contribution in [-0.2, 0) is 4.79 Å². The summed E-state index contributed by atoms with van der Waals surface area (Å²) in [6.07, 6.45) is 9.78. The van der Waals surface area contributed by atoms with Crippen LogP contribution in [0.5, 0.6) is 0 Å². The van der Waals surface area contributed by atoms with Gasteiger partial charge >= 0.3 is 0 Å². The monoisotopic (exact) mass is 286 g/mol. The van der Waals surface area contributed by atoms with Gasteiger partial charge in [-0.3, -0.25) is 4.79 Å². The molecule has 0 aliphatic heterocycles. The summed E-state index contributed by atoms with van der Waals surface area (Å²) in [6, 6.07) is 0. The van der Waals surface area contributed by atoms with Crippen molar-refractivity contribution >= 4 is 5.78 Å². The molecule has 0 aromatic rings. The van der Waals surface area contributed by atoms with Gasteiger partial charge in [0.2, 0.25) is 0 Å². The first-order chi connectivity index (χ1) is 9.84. The van der Waals surface area contributed by atoms with Crippen molar-refractivity contribution < 1.29 is 4.79 Å². The first kappa shape index (κ1) is 15.1. The van der Waals surface area contributed by atoms with Gasteiger partial charge in [-0.2, -0.15) is 0 Å². The number of carbonyl (C=O) groups excluding carboxylic acids is 1. The predicted octanol–water partition coefficient (Wildman–Crippen LogP) is 5.18. The lowest BCUT2D eigenvalue weighted by atomic mass is 9.64. The van der Waals surface area contributed by atoms with E-state index in [-0.39, 0.29) is 0 Å². The van der Waals surface area contributed by atoms with Crippen molar-refractivity contribution in [2.24, 2.45) is 35.0 Å². The summed E-state index contributed by atoms with van der Waals surface area (Å²) in [4.78, 5) is 12.0. The van der Waals surface area contributed by atoms with Gasteiger partial charge in [-0.05, 0) is 80.1 Å². The van der Waals surface area contributed by atoms with Crippen LogP contribution in [0.1, 0.15) is 60.3 Å². The maximum absolute atomic E-state index is 12.0. The van der Waals surface area contributed by atoms with Crippen LogP contribution in [0.15, 0.2) is 23.3 Å². The van der Waals surface area contributed by atoms with E-state index in [9.17, 15) is 4.79 Å². The van der Waals surface area contributed by atoms with Gasteiger partial charge in [0.05, 0.1) is 0 Å². The minimum atomic E-state index is 0.302. The average molecular weight is 286 g/mol. The Balaban J connectivity index is 1.99. The minimum Gasteiger partial charge on any atom is -0.295 e. The topological polar surface area (TPSA) is 17.1 Å². The average Bonchev–Trinajstić information content (AvgIpc) is 2.91. The highest BCUT2D eigenvalue weighted by Gasteiger charge is 2.54. The molecule has 0 N–H and O–H groups in total. The largest absolute Gasteiger partial charge is 0.295 e. The van der Waals surface area contributed by atoms with E-state index < -0.39 is 0 Å². The SMILES string of the molecule is CC(=O)C1=CC[C@H]2[C@@H]1CC(C)=C[C@H]1[C@H](C(C)C)CC[C@@]12C. The molecule has 0 spiro atoms. The van der Waals surface area contributed by atoms with Gasteiger partial charge in [-0.25, -0.2) is 0 Å². The fourth-order valence-corrected chi connectivity index (χ4v) is 5.70. The van der Waals surface area contributed by atoms with Crippen molar-refractivity contribution in [2.45, 2.75) is 60.3 Å². The molecule has 0 aromatic carbocycles. The summed E-state index contributed by atoms with van der Waals surface area (Å²) in [5.41, 5.74) is 3.04. The van der Waals surface area contributed by atoms with E-state index in [1.807, 2.05) is 0 Å². The Kier molecular flexibility index (Phi) is 3.66. The highest BCUT2D eigenvalue weighted by molar-refractivity contribution is 5.94. The first-order valence-electron chi connectivity index (χ1n) is 8.73. The second kappa shape index (κ2) is 5.11.